The van der Waals surface area contributed by atoms with Gasteiger partial charge in [-0.1, -0.05) is 39.3 Å². The molecule has 100 valence electrons. The second-order valence-corrected chi connectivity index (χ2v) is 5.25. The predicted molar refractivity (Wildman–Crippen MR) is 82.0 cm³/mol. The Bertz CT molecular complexity index is 753. The van der Waals surface area contributed by atoms with Gasteiger partial charge in [0.1, 0.15) is 5.69 Å². The van der Waals surface area contributed by atoms with E-state index in [0.717, 1.165) is 26.9 Å². The van der Waals surface area contributed by atoms with Crippen LogP contribution in [0.3, 0.4) is 0 Å². The van der Waals surface area contributed by atoms with Crippen molar-refractivity contribution in [1.82, 2.24) is 10.1 Å². The quantitative estimate of drug-likeness (QED) is 0.770. The van der Waals surface area contributed by atoms with Gasteiger partial charge in [0.15, 0.2) is 0 Å². The van der Waals surface area contributed by atoms with E-state index in [4.69, 9.17) is 10.3 Å². The molecule has 3 rings (SSSR count). The predicted octanol–water partition coefficient (Wildman–Crippen LogP) is 4.06. The summed E-state index contributed by atoms with van der Waals surface area (Å²) in [4.78, 5) is 4.33. The summed E-state index contributed by atoms with van der Waals surface area (Å²) in [5.41, 5.74) is 10.2. The third kappa shape index (κ3) is 2.10. The van der Waals surface area contributed by atoms with Gasteiger partial charge in [-0.2, -0.15) is 0 Å². The fraction of sp³-hybridized carbons (Fsp3) is 0.0667. The van der Waals surface area contributed by atoms with Crippen LogP contribution in [0.4, 0.5) is 5.88 Å². The van der Waals surface area contributed by atoms with E-state index in [1.807, 2.05) is 43.3 Å². The summed E-state index contributed by atoms with van der Waals surface area (Å²) in [5.74, 6) is 0.276. The molecular formula is C15H12BrN3O. The highest BCUT2D eigenvalue weighted by Gasteiger charge is 2.20. The molecule has 0 saturated carbocycles. The van der Waals surface area contributed by atoms with Crippen LogP contribution in [0.5, 0.6) is 0 Å². The molecule has 1 aromatic carbocycles. The molecule has 0 aliphatic rings. The smallest absolute Gasteiger partial charge is 0.232 e. The van der Waals surface area contributed by atoms with Crippen LogP contribution in [0.15, 0.2) is 51.6 Å². The van der Waals surface area contributed by atoms with E-state index < -0.39 is 0 Å². The average Bonchev–Trinajstić information content (AvgIpc) is 2.84. The van der Waals surface area contributed by atoms with Crippen molar-refractivity contribution in [2.24, 2.45) is 0 Å². The first-order valence-corrected chi connectivity index (χ1v) is 6.90. The molecule has 0 aliphatic carbocycles. The minimum absolute atomic E-state index is 0.276. The fourth-order valence-electron chi connectivity index (χ4n) is 2.11. The highest BCUT2D eigenvalue weighted by Crippen LogP contribution is 2.37. The lowest BCUT2D eigenvalue weighted by Crippen LogP contribution is -1.91. The molecule has 0 saturated heterocycles. The molecule has 0 atom stereocenters. The van der Waals surface area contributed by atoms with Crippen LogP contribution in [0.1, 0.15) is 5.56 Å². The molecule has 0 amide bonds. The normalized spacial score (nSPS) is 10.7. The van der Waals surface area contributed by atoms with Crippen LogP contribution in [0.2, 0.25) is 0 Å². The molecule has 20 heavy (non-hydrogen) atoms. The highest BCUT2D eigenvalue weighted by molar-refractivity contribution is 9.10. The van der Waals surface area contributed by atoms with Crippen molar-refractivity contribution in [3.8, 4) is 22.5 Å². The number of rotatable bonds is 2. The van der Waals surface area contributed by atoms with Gasteiger partial charge in [0.25, 0.3) is 0 Å². The molecule has 0 radical (unpaired) electrons. The summed E-state index contributed by atoms with van der Waals surface area (Å²) in [6.45, 7) is 2.02. The van der Waals surface area contributed by atoms with Gasteiger partial charge in [-0.3, -0.25) is 4.98 Å². The van der Waals surface area contributed by atoms with Gasteiger partial charge >= 0.3 is 0 Å². The number of nitrogens with zero attached hydrogens (tertiary/aromatic N) is 2. The zero-order valence-corrected chi connectivity index (χ0v) is 12.4. The topological polar surface area (TPSA) is 64.9 Å². The molecule has 0 fully saturated rings. The molecule has 2 heterocycles. The average molecular weight is 330 g/mol. The first-order chi connectivity index (χ1) is 9.68. The van der Waals surface area contributed by atoms with Crippen LogP contribution in [0, 0.1) is 6.92 Å². The zero-order chi connectivity index (χ0) is 14.1. The second-order valence-electron chi connectivity index (χ2n) is 4.40. The van der Waals surface area contributed by atoms with Crippen molar-refractivity contribution < 1.29 is 4.52 Å². The summed E-state index contributed by atoms with van der Waals surface area (Å²) in [5, 5.41) is 4.10. The third-order valence-corrected chi connectivity index (χ3v) is 4.02. The maximum absolute atomic E-state index is 5.92. The number of pyridine rings is 1. The summed E-state index contributed by atoms with van der Waals surface area (Å²) in [7, 11) is 0. The van der Waals surface area contributed by atoms with Gasteiger partial charge < -0.3 is 10.3 Å². The second kappa shape index (κ2) is 5.09. The minimum Gasteiger partial charge on any atom is -0.367 e. The van der Waals surface area contributed by atoms with Crippen LogP contribution < -0.4 is 5.73 Å². The highest BCUT2D eigenvalue weighted by atomic mass is 79.9. The van der Waals surface area contributed by atoms with E-state index >= 15 is 0 Å². The SMILES string of the molecule is Cc1c(Br)cccc1-c1noc(N)c1-c1ccccn1. The third-order valence-electron chi connectivity index (χ3n) is 3.16. The number of hydrogen-bond acceptors (Lipinski definition) is 4. The molecule has 2 aromatic heterocycles. The largest absolute Gasteiger partial charge is 0.367 e. The van der Waals surface area contributed by atoms with Crippen molar-refractivity contribution in [2.45, 2.75) is 6.92 Å². The minimum atomic E-state index is 0.276. The number of aromatic nitrogens is 2. The summed E-state index contributed by atoms with van der Waals surface area (Å²) in [6, 6.07) is 11.6. The van der Waals surface area contributed by atoms with Gasteiger partial charge in [-0.25, -0.2) is 0 Å². The van der Waals surface area contributed by atoms with Crippen LogP contribution in [0.25, 0.3) is 22.5 Å². The Kier molecular flexibility index (Phi) is 3.28. The maximum Gasteiger partial charge on any atom is 0.232 e. The lowest BCUT2D eigenvalue weighted by atomic mass is 10.0. The van der Waals surface area contributed by atoms with Crippen molar-refractivity contribution in [2.75, 3.05) is 5.73 Å². The van der Waals surface area contributed by atoms with E-state index in [9.17, 15) is 0 Å². The van der Waals surface area contributed by atoms with Gasteiger partial charge in [0.2, 0.25) is 5.88 Å². The van der Waals surface area contributed by atoms with Gasteiger partial charge in [0, 0.05) is 16.2 Å². The van der Waals surface area contributed by atoms with Crippen LogP contribution in [-0.4, -0.2) is 10.1 Å². The van der Waals surface area contributed by atoms with E-state index in [2.05, 4.69) is 26.1 Å². The van der Waals surface area contributed by atoms with Crippen molar-refractivity contribution in [3.05, 3.63) is 52.6 Å². The lowest BCUT2D eigenvalue weighted by molar-refractivity contribution is 0.439. The molecule has 4 nitrogen and oxygen atoms in total. The number of nitrogens with two attached hydrogens (primary N) is 1. The molecule has 2 N–H and O–H groups in total. The van der Waals surface area contributed by atoms with Crippen molar-refractivity contribution in [1.29, 1.82) is 0 Å². The zero-order valence-electron chi connectivity index (χ0n) is 10.8. The Morgan fingerprint density at radius 1 is 1.15 bits per heavy atom. The first-order valence-electron chi connectivity index (χ1n) is 6.10. The van der Waals surface area contributed by atoms with E-state index in [0.29, 0.717) is 5.69 Å². The van der Waals surface area contributed by atoms with Crippen LogP contribution in [-0.2, 0) is 0 Å². The Morgan fingerprint density at radius 3 is 2.75 bits per heavy atom. The number of benzene rings is 1. The Labute approximate surface area is 124 Å². The Balaban J connectivity index is 2.24. The van der Waals surface area contributed by atoms with Crippen LogP contribution >= 0.6 is 15.9 Å². The van der Waals surface area contributed by atoms with E-state index in [1.54, 1.807) is 6.20 Å². The number of hydrogen-bond donors (Lipinski definition) is 1. The Morgan fingerprint density at radius 2 is 2.00 bits per heavy atom. The summed E-state index contributed by atoms with van der Waals surface area (Å²) in [6.07, 6.45) is 1.72. The molecular weight excluding hydrogens is 318 g/mol. The molecule has 0 bridgehead atoms. The number of halogens is 1. The van der Waals surface area contributed by atoms with Gasteiger partial charge in [-0.15, -0.1) is 0 Å². The Hall–Kier alpha value is -2.14. The summed E-state index contributed by atoms with van der Waals surface area (Å²) >= 11 is 3.53. The molecule has 0 aliphatic heterocycles. The number of anilines is 1. The number of nitrogen functional groups attached to an aromatic ring is 1. The fourth-order valence-corrected chi connectivity index (χ4v) is 2.48. The maximum atomic E-state index is 5.92. The monoisotopic (exact) mass is 329 g/mol. The van der Waals surface area contributed by atoms with E-state index in [-0.39, 0.29) is 5.88 Å². The molecule has 5 heteroatoms. The standard InChI is InChI=1S/C15H12BrN3O/c1-9-10(5-4-6-11(9)16)14-13(15(17)20-19-14)12-7-2-3-8-18-12/h2-8H,17H2,1H3. The van der Waals surface area contributed by atoms with E-state index in [1.165, 1.54) is 0 Å². The van der Waals surface area contributed by atoms with Gasteiger partial charge in [-0.05, 0) is 30.7 Å². The summed E-state index contributed by atoms with van der Waals surface area (Å²) < 4.78 is 6.19. The first kappa shape index (κ1) is 12.9. The van der Waals surface area contributed by atoms with Gasteiger partial charge in [0.05, 0.1) is 11.3 Å². The molecule has 0 spiro atoms. The van der Waals surface area contributed by atoms with Crippen molar-refractivity contribution in [3.63, 3.8) is 0 Å². The van der Waals surface area contributed by atoms with Crippen molar-refractivity contribution >= 4 is 21.8 Å². The molecule has 0 unspecified atom stereocenters. The molecule has 3 aromatic rings. The lowest BCUT2D eigenvalue weighted by Gasteiger charge is -2.06.